The molecule has 0 radical (unpaired) electrons. The van der Waals surface area contributed by atoms with Crippen LogP contribution in [-0.4, -0.2) is 37.2 Å². The maximum absolute atomic E-state index is 12.8. The summed E-state index contributed by atoms with van der Waals surface area (Å²) < 4.78 is 16.9. The molecule has 0 aromatic carbocycles. The van der Waals surface area contributed by atoms with Crippen molar-refractivity contribution in [1.82, 2.24) is 0 Å². The summed E-state index contributed by atoms with van der Waals surface area (Å²) in [6, 6.07) is 0. The zero-order valence-corrected chi connectivity index (χ0v) is 44.9. The molecule has 6 heteroatoms. The van der Waals surface area contributed by atoms with Crippen molar-refractivity contribution in [3.05, 3.63) is 36.5 Å². The Kier molecular flexibility index (Phi) is 54.2. The number of hydrogen-bond acceptors (Lipinski definition) is 6. The molecule has 0 amide bonds. The topological polar surface area (TPSA) is 78.9 Å². The maximum atomic E-state index is 12.8. The molecule has 0 aliphatic rings. The Morgan fingerprint density at radius 1 is 0.284 bits per heavy atom. The Hall–Kier alpha value is -2.37. The van der Waals surface area contributed by atoms with Crippen molar-refractivity contribution in [2.24, 2.45) is 0 Å². The molecule has 1 atom stereocenters. The van der Waals surface area contributed by atoms with E-state index in [0.29, 0.717) is 19.3 Å². The molecule has 0 saturated heterocycles. The van der Waals surface area contributed by atoms with Gasteiger partial charge in [-0.1, -0.05) is 237 Å². The normalized spacial score (nSPS) is 12.2. The van der Waals surface area contributed by atoms with Gasteiger partial charge in [0.05, 0.1) is 0 Å². The highest BCUT2D eigenvalue weighted by molar-refractivity contribution is 5.71. The molecule has 6 nitrogen and oxygen atoms in total. The van der Waals surface area contributed by atoms with Gasteiger partial charge >= 0.3 is 17.9 Å². The quantitative estimate of drug-likeness (QED) is 0.0262. The van der Waals surface area contributed by atoms with E-state index < -0.39 is 6.10 Å². The van der Waals surface area contributed by atoms with Crippen LogP contribution in [0.4, 0.5) is 0 Å². The van der Waals surface area contributed by atoms with E-state index >= 15 is 0 Å². The van der Waals surface area contributed by atoms with Gasteiger partial charge < -0.3 is 14.2 Å². The number of rotatable bonds is 54. The molecule has 67 heavy (non-hydrogen) atoms. The summed E-state index contributed by atoms with van der Waals surface area (Å²) in [5.41, 5.74) is 0. The smallest absolute Gasteiger partial charge is 0.306 e. The fourth-order valence-electron chi connectivity index (χ4n) is 8.60. The first-order valence-electron chi connectivity index (χ1n) is 29.5. The van der Waals surface area contributed by atoms with Crippen LogP contribution in [-0.2, 0) is 28.6 Å². The minimum Gasteiger partial charge on any atom is -0.462 e. The molecule has 0 rings (SSSR count). The van der Waals surface area contributed by atoms with Crippen molar-refractivity contribution in [2.45, 2.75) is 322 Å². The summed E-state index contributed by atoms with van der Waals surface area (Å²) in [5.74, 6) is -0.881. The van der Waals surface area contributed by atoms with Crippen molar-refractivity contribution in [3.8, 4) is 0 Å². The Balaban J connectivity index is 4.31. The molecule has 0 fully saturated rings. The standard InChI is InChI=1S/C61H112O6/c1-4-7-10-13-16-19-22-25-27-28-29-30-31-32-34-36-39-42-45-48-51-54-60(63)66-57-58(56-65-59(62)53-50-47-44-41-38-35-24-21-18-15-12-9-6-3)67-61(64)55-52-49-46-43-40-37-33-26-23-20-17-14-11-8-5-2/h21,24,26,28-29,33,58H,4-20,22-23,25,27,30-32,34-57H2,1-3H3/b24-21-,29-28-,33-26-. The van der Waals surface area contributed by atoms with E-state index in [-0.39, 0.29) is 31.1 Å². The predicted octanol–water partition coefficient (Wildman–Crippen LogP) is 19.7. The largest absolute Gasteiger partial charge is 0.462 e. The SMILES string of the molecule is CCCCCC/C=C\CCCCCCCC(=O)OCC(COC(=O)CCCCCCCCCCC/C=C\CCCCCCCCCC)OC(=O)CCCCCCC/C=C\CCCCCCCC. The molecule has 0 aromatic heterocycles. The van der Waals surface area contributed by atoms with Crippen LogP contribution in [0.5, 0.6) is 0 Å². The van der Waals surface area contributed by atoms with Crippen LogP contribution < -0.4 is 0 Å². The van der Waals surface area contributed by atoms with E-state index in [2.05, 4.69) is 57.2 Å². The molecule has 392 valence electrons. The minimum atomic E-state index is -0.779. The van der Waals surface area contributed by atoms with Crippen molar-refractivity contribution < 1.29 is 28.6 Å². The van der Waals surface area contributed by atoms with Crippen molar-refractivity contribution in [3.63, 3.8) is 0 Å². The molecule has 0 spiro atoms. The van der Waals surface area contributed by atoms with E-state index in [9.17, 15) is 14.4 Å². The van der Waals surface area contributed by atoms with Gasteiger partial charge in [-0.15, -0.1) is 0 Å². The highest BCUT2D eigenvalue weighted by Crippen LogP contribution is 2.16. The number of allylic oxidation sites excluding steroid dienone is 6. The molecular formula is C61H112O6. The van der Waals surface area contributed by atoms with Crippen LogP contribution in [0, 0.1) is 0 Å². The Bertz CT molecular complexity index is 1130. The van der Waals surface area contributed by atoms with Gasteiger partial charge in [-0.25, -0.2) is 0 Å². The average molecular weight is 942 g/mol. The third-order valence-corrected chi connectivity index (χ3v) is 13.1. The Labute approximate surface area is 416 Å². The highest BCUT2D eigenvalue weighted by Gasteiger charge is 2.19. The number of hydrogen-bond donors (Lipinski definition) is 0. The second-order valence-corrected chi connectivity index (χ2v) is 19.9. The second-order valence-electron chi connectivity index (χ2n) is 19.9. The van der Waals surface area contributed by atoms with E-state index in [0.717, 1.165) is 70.6 Å². The first-order valence-corrected chi connectivity index (χ1v) is 29.5. The molecule has 1 unspecified atom stereocenters. The zero-order valence-electron chi connectivity index (χ0n) is 44.9. The fourth-order valence-corrected chi connectivity index (χ4v) is 8.60. The predicted molar refractivity (Wildman–Crippen MR) is 289 cm³/mol. The zero-order chi connectivity index (χ0) is 48.6. The summed E-state index contributed by atoms with van der Waals surface area (Å²) in [7, 11) is 0. The third kappa shape index (κ3) is 54.4. The Morgan fingerprint density at radius 2 is 0.493 bits per heavy atom. The lowest BCUT2D eigenvalue weighted by atomic mass is 10.1. The van der Waals surface area contributed by atoms with Gasteiger partial charge in [0, 0.05) is 19.3 Å². The molecule has 0 aliphatic heterocycles. The summed E-state index contributed by atoms with van der Waals surface area (Å²) in [6.45, 7) is 6.64. The van der Waals surface area contributed by atoms with E-state index in [4.69, 9.17) is 14.2 Å². The van der Waals surface area contributed by atoms with Crippen LogP contribution in [0.3, 0.4) is 0 Å². The van der Waals surface area contributed by atoms with Crippen LogP contribution in [0.1, 0.15) is 316 Å². The van der Waals surface area contributed by atoms with E-state index in [1.807, 2.05) is 0 Å². The van der Waals surface area contributed by atoms with E-state index in [1.165, 1.54) is 205 Å². The van der Waals surface area contributed by atoms with Crippen molar-refractivity contribution in [2.75, 3.05) is 13.2 Å². The van der Waals surface area contributed by atoms with Crippen LogP contribution in [0.15, 0.2) is 36.5 Å². The van der Waals surface area contributed by atoms with Crippen LogP contribution in [0.2, 0.25) is 0 Å². The summed E-state index contributed by atoms with van der Waals surface area (Å²) >= 11 is 0. The van der Waals surface area contributed by atoms with Gasteiger partial charge in [-0.05, 0) is 96.3 Å². The molecular weight excluding hydrogens is 829 g/mol. The lowest BCUT2D eigenvalue weighted by Gasteiger charge is -2.18. The molecule has 0 heterocycles. The average Bonchev–Trinajstić information content (AvgIpc) is 3.33. The maximum Gasteiger partial charge on any atom is 0.306 e. The van der Waals surface area contributed by atoms with E-state index in [1.54, 1.807) is 0 Å². The minimum absolute atomic E-state index is 0.0769. The van der Waals surface area contributed by atoms with Gasteiger partial charge in [0.2, 0.25) is 0 Å². The van der Waals surface area contributed by atoms with Crippen molar-refractivity contribution >= 4 is 17.9 Å². The molecule has 0 aromatic rings. The molecule has 0 saturated carbocycles. The first-order chi connectivity index (χ1) is 33.0. The number of esters is 3. The molecule has 0 N–H and O–H groups in total. The monoisotopic (exact) mass is 941 g/mol. The highest BCUT2D eigenvalue weighted by atomic mass is 16.6. The van der Waals surface area contributed by atoms with Gasteiger partial charge in [0.15, 0.2) is 6.10 Å². The number of carbonyl (C=O) groups is 3. The summed E-state index contributed by atoms with van der Waals surface area (Å²) in [4.78, 5) is 38.1. The fraction of sp³-hybridized carbons (Fsp3) is 0.852. The lowest BCUT2D eigenvalue weighted by molar-refractivity contribution is -0.167. The number of ether oxygens (including phenoxy) is 3. The second kappa shape index (κ2) is 56.2. The molecule has 0 bridgehead atoms. The summed E-state index contributed by atoms with van der Waals surface area (Å²) in [6.07, 6.45) is 67.1. The van der Waals surface area contributed by atoms with Gasteiger partial charge in [-0.3, -0.25) is 14.4 Å². The van der Waals surface area contributed by atoms with Crippen molar-refractivity contribution in [1.29, 1.82) is 0 Å². The molecule has 0 aliphatic carbocycles. The van der Waals surface area contributed by atoms with Crippen LogP contribution >= 0.6 is 0 Å². The van der Waals surface area contributed by atoms with Gasteiger partial charge in [0.1, 0.15) is 13.2 Å². The number of carbonyl (C=O) groups excluding carboxylic acids is 3. The lowest BCUT2D eigenvalue weighted by Crippen LogP contribution is -2.30. The Morgan fingerprint density at radius 3 is 0.761 bits per heavy atom. The third-order valence-electron chi connectivity index (χ3n) is 13.1. The summed E-state index contributed by atoms with van der Waals surface area (Å²) in [5, 5.41) is 0. The first kappa shape index (κ1) is 64.6. The number of unbranched alkanes of at least 4 members (excludes halogenated alkanes) is 37. The van der Waals surface area contributed by atoms with Gasteiger partial charge in [0.25, 0.3) is 0 Å². The van der Waals surface area contributed by atoms with Gasteiger partial charge in [-0.2, -0.15) is 0 Å². The van der Waals surface area contributed by atoms with Crippen LogP contribution in [0.25, 0.3) is 0 Å².